The highest BCUT2D eigenvalue weighted by molar-refractivity contribution is 5.69. The average molecular weight is 743 g/mol. The number of ether oxygens (including phenoxy) is 4. The summed E-state index contributed by atoms with van der Waals surface area (Å²) in [4.78, 5) is 16.8. The van der Waals surface area contributed by atoms with Crippen molar-refractivity contribution in [2.45, 2.75) is 175 Å². The van der Waals surface area contributed by atoms with Crippen LogP contribution in [0.3, 0.4) is 0 Å². The quantitative estimate of drug-likeness (QED) is 0.281. The minimum atomic E-state index is -1.17. The lowest BCUT2D eigenvalue weighted by molar-refractivity contribution is -0.248. The Morgan fingerprint density at radius 1 is 0.981 bits per heavy atom. The summed E-state index contributed by atoms with van der Waals surface area (Å²) in [5.74, 6) is 2.85. The number of likely N-dealkylation sites (tertiary alicyclic amines) is 1. The van der Waals surface area contributed by atoms with Crippen molar-refractivity contribution in [1.82, 2.24) is 9.80 Å². The molecule has 0 aromatic rings. The first-order chi connectivity index (χ1) is 24.7. The summed E-state index contributed by atoms with van der Waals surface area (Å²) in [5.41, 5.74) is -0.176. The molecule has 53 heavy (non-hydrogen) atoms. The number of carbonyl (C=O) groups excluding carboxylic acids is 1. The molecule has 1 unspecified atom stereocenters. The van der Waals surface area contributed by atoms with Crippen LogP contribution in [0.15, 0.2) is 0 Å². The Morgan fingerprint density at radius 2 is 1.68 bits per heavy atom. The highest BCUT2D eigenvalue weighted by Crippen LogP contribution is 2.89. The molecule has 5 saturated carbocycles. The lowest BCUT2D eigenvalue weighted by atomic mass is 9.40. The predicted molar refractivity (Wildman–Crippen MR) is 204 cm³/mol. The fraction of sp³-hybridized carbons (Fsp3) is 0.977. The van der Waals surface area contributed by atoms with Crippen LogP contribution in [0.25, 0.3) is 0 Å². The summed E-state index contributed by atoms with van der Waals surface area (Å²) in [6.45, 7) is 26.7. The first-order valence-corrected chi connectivity index (χ1v) is 21.7. The van der Waals surface area contributed by atoms with Gasteiger partial charge in [0.1, 0.15) is 11.7 Å². The molecule has 3 heterocycles. The van der Waals surface area contributed by atoms with Crippen molar-refractivity contribution in [1.29, 1.82) is 0 Å². The summed E-state index contributed by atoms with van der Waals surface area (Å²) >= 11 is 0. The Morgan fingerprint density at radius 3 is 2.36 bits per heavy atom. The zero-order chi connectivity index (χ0) is 38.1. The molecule has 3 aliphatic heterocycles. The number of rotatable bonds is 7. The van der Waals surface area contributed by atoms with Gasteiger partial charge in [0.2, 0.25) is 0 Å². The molecule has 8 fully saturated rings. The maximum Gasteiger partial charge on any atom is 0.410 e. The molecule has 2 N–H and O–H groups in total. The van der Waals surface area contributed by atoms with E-state index in [1.54, 1.807) is 13.8 Å². The molecule has 9 heteroatoms. The monoisotopic (exact) mass is 743 g/mol. The van der Waals surface area contributed by atoms with E-state index in [1.165, 1.54) is 44.9 Å². The third-order valence-electron chi connectivity index (χ3n) is 17.6. The molecule has 8 aliphatic rings. The molecule has 0 radical (unpaired) electrons. The van der Waals surface area contributed by atoms with Crippen molar-refractivity contribution in [2.24, 2.45) is 56.7 Å². The Labute approximate surface area is 320 Å². The lowest BCUT2D eigenvalue weighted by Crippen LogP contribution is -2.59. The molecule has 9 nitrogen and oxygen atoms in total. The van der Waals surface area contributed by atoms with Crippen molar-refractivity contribution >= 4 is 6.09 Å². The van der Waals surface area contributed by atoms with Crippen LogP contribution in [0.2, 0.25) is 0 Å². The van der Waals surface area contributed by atoms with E-state index >= 15 is 0 Å². The second kappa shape index (κ2) is 12.8. The van der Waals surface area contributed by atoms with Crippen molar-refractivity contribution < 1.29 is 34.0 Å². The summed E-state index contributed by atoms with van der Waals surface area (Å²) < 4.78 is 25.8. The fourth-order valence-electron chi connectivity index (χ4n) is 15.4. The smallest absolute Gasteiger partial charge is 0.410 e. The van der Waals surface area contributed by atoms with E-state index in [1.807, 2.05) is 25.7 Å². The van der Waals surface area contributed by atoms with E-state index in [9.17, 15) is 15.0 Å². The predicted octanol–water partition coefficient (Wildman–Crippen LogP) is 7.26. The van der Waals surface area contributed by atoms with Crippen LogP contribution < -0.4 is 0 Å². The summed E-state index contributed by atoms with van der Waals surface area (Å²) in [5, 5.41) is 21.8. The number of hydrogen-bond acceptors (Lipinski definition) is 8. The van der Waals surface area contributed by atoms with Gasteiger partial charge in [0.05, 0.1) is 30.5 Å². The Bertz CT molecular complexity index is 1400. The van der Waals surface area contributed by atoms with Crippen molar-refractivity contribution in [2.75, 3.05) is 39.3 Å². The van der Waals surface area contributed by atoms with Gasteiger partial charge in [-0.15, -0.1) is 0 Å². The zero-order valence-corrected chi connectivity index (χ0v) is 34.9. The Hall–Kier alpha value is -0.970. The number of carbonyl (C=O) groups is 1. The number of nitrogens with zero attached hydrogens (tertiary/aromatic N) is 2. The van der Waals surface area contributed by atoms with E-state index in [0.29, 0.717) is 41.1 Å². The van der Waals surface area contributed by atoms with Gasteiger partial charge < -0.3 is 34.1 Å². The van der Waals surface area contributed by atoms with E-state index in [-0.39, 0.29) is 46.9 Å². The van der Waals surface area contributed by atoms with Crippen LogP contribution in [0.4, 0.5) is 4.79 Å². The molecule has 8 rings (SSSR count). The van der Waals surface area contributed by atoms with Crippen LogP contribution in [0, 0.1) is 56.7 Å². The Balaban J connectivity index is 0.924. The first-order valence-electron chi connectivity index (χ1n) is 21.7. The van der Waals surface area contributed by atoms with Gasteiger partial charge in [-0.25, -0.2) is 4.79 Å². The Kier molecular flexibility index (Phi) is 9.37. The molecule has 5 aliphatic carbocycles. The van der Waals surface area contributed by atoms with Crippen molar-refractivity contribution in [3.8, 4) is 0 Å². The molecule has 1 amide bonds. The maximum atomic E-state index is 12.5. The third-order valence-corrected chi connectivity index (χ3v) is 17.6. The summed E-state index contributed by atoms with van der Waals surface area (Å²) in [6, 6.07) is 0. The van der Waals surface area contributed by atoms with Gasteiger partial charge in [0.25, 0.3) is 0 Å². The highest BCUT2D eigenvalue weighted by Gasteiger charge is 2.83. The third kappa shape index (κ3) is 5.91. The number of amides is 1. The van der Waals surface area contributed by atoms with Crippen LogP contribution in [0.1, 0.15) is 133 Å². The average Bonchev–Trinajstić information content (AvgIpc) is 3.63. The molecular weight excluding hydrogens is 668 g/mol. The second-order valence-electron chi connectivity index (χ2n) is 22.1. The highest BCUT2D eigenvalue weighted by atomic mass is 16.7. The van der Waals surface area contributed by atoms with E-state index in [0.717, 1.165) is 57.9 Å². The molecular formula is C44H74N2O7. The minimum absolute atomic E-state index is 0.0854. The molecule has 0 aromatic carbocycles. The van der Waals surface area contributed by atoms with Crippen LogP contribution in [-0.2, 0) is 18.9 Å². The van der Waals surface area contributed by atoms with Crippen molar-refractivity contribution in [3.05, 3.63) is 0 Å². The van der Waals surface area contributed by atoms with Gasteiger partial charge in [-0.2, -0.15) is 0 Å². The number of aliphatic hydroxyl groups excluding tert-OH is 1. The van der Waals surface area contributed by atoms with Gasteiger partial charge in [0.15, 0.2) is 6.29 Å². The standard InChI is InChI=1S/C44H74N2O7/c1-11-42-21-30-35(27(2)20-29(51-30)36(47)40(8,9)49)41(42,10)16-17-44-26-43(44)15-14-33(39(6,7)31(43)12-13-32(42)44)52-34-25-45(18-19-50-34)22-28-23-46(24-28)37(48)53-38(3,4)5/h27-36,47,49H,11-26H2,1-10H3/t27-,29-,30-,31+,32+,33+,34+,35?,36+,41-,42+,43-,44+/m1/s1. The van der Waals surface area contributed by atoms with E-state index in [2.05, 4.69) is 39.5 Å². The molecule has 0 bridgehead atoms. The lowest BCUT2D eigenvalue weighted by Gasteiger charge is -2.64. The van der Waals surface area contributed by atoms with Crippen LogP contribution >= 0.6 is 0 Å². The number of morpholine rings is 1. The summed E-state index contributed by atoms with van der Waals surface area (Å²) in [6.07, 6.45) is 11.0. The van der Waals surface area contributed by atoms with E-state index < -0.39 is 17.3 Å². The number of hydrogen-bond donors (Lipinski definition) is 2. The van der Waals surface area contributed by atoms with Gasteiger partial charge in [0, 0.05) is 38.6 Å². The summed E-state index contributed by atoms with van der Waals surface area (Å²) in [7, 11) is 0. The van der Waals surface area contributed by atoms with Crippen LogP contribution in [-0.4, -0.2) is 107 Å². The van der Waals surface area contributed by atoms with Crippen molar-refractivity contribution in [3.63, 3.8) is 0 Å². The number of aliphatic hydroxyl groups is 2. The SMILES string of the molecule is CC[C@@]12C[C@H]3O[C@@H]([C@H](O)C(C)(C)O)C[C@@H](C)C3[C@@]1(C)CC[C@@]13C[C@@]14CC[C@H](O[C@H]1CN(CC5CN(C(=O)OC(C)(C)C)C5)CCO1)C(C)(C)[C@@H]4CC[C@H]32. The molecule has 2 spiro atoms. The van der Waals surface area contributed by atoms with Crippen LogP contribution in [0.5, 0.6) is 0 Å². The topological polar surface area (TPSA) is 101 Å². The zero-order valence-electron chi connectivity index (χ0n) is 34.9. The first kappa shape index (κ1) is 38.9. The second-order valence-corrected chi connectivity index (χ2v) is 22.1. The minimum Gasteiger partial charge on any atom is -0.444 e. The number of fused-ring (bicyclic) bond motifs is 4. The largest absolute Gasteiger partial charge is 0.444 e. The maximum absolute atomic E-state index is 12.5. The fourth-order valence-corrected chi connectivity index (χ4v) is 15.4. The van der Waals surface area contributed by atoms with E-state index in [4.69, 9.17) is 18.9 Å². The molecule has 3 saturated heterocycles. The van der Waals surface area contributed by atoms with Gasteiger partial charge in [-0.1, -0.05) is 34.6 Å². The van der Waals surface area contributed by atoms with Gasteiger partial charge in [-0.3, -0.25) is 4.90 Å². The molecule has 0 aromatic heterocycles. The molecule has 13 atom stereocenters. The van der Waals surface area contributed by atoms with Gasteiger partial charge in [-0.05, 0) is 150 Å². The molecule has 302 valence electrons. The van der Waals surface area contributed by atoms with Gasteiger partial charge >= 0.3 is 6.09 Å². The normalized spacial score (nSPS) is 47.3.